The molecule has 6 nitrogen and oxygen atoms in total. The van der Waals surface area contributed by atoms with Gasteiger partial charge in [-0.05, 0) is 0 Å². The quantitative estimate of drug-likeness (QED) is 0.633. The van der Waals surface area contributed by atoms with E-state index >= 15 is 0 Å². The Balaban J connectivity index is 2.48. The fourth-order valence-corrected chi connectivity index (χ4v) is 1.80. The molecule has 78 valence electrons. The average Bonchev–Trinajstić information content (AvgIpc) is 2.51. The van der Waals surface area contributed by atoms with Crippen molar-refractivity contribution in [3.8, 4) is 0 Å². The van der Waals surface area contributed by atoms with Gasteiger partial charge < -0.3 is 14.7 Å². The summed E-state index contributed by atoms with van der Waals surface area (Å²) in [6.45, 7) is 0.188. The van der Waals surface area contributed by atoms with Gasteiger partial charge in [-0.2, -0.15) is 0 Å². The van der Waals surface area contributed by atoms with E-state index in [1.807, 2.05) is 0 Å². The zero-order chi connectivity index (χ0) is 9.90. The molecule has 0 amide bonds. The van der Waals surface area contributed by atoms with Crippen molar-refractivity contribution in [3.63, 3.8) is 0 Å². The highest BCUT2D eigenvalue weighted by Crippen LogP contribution is 2.45. The van der Waals surface area contributed by atoms with Gasteiger partial charge in [0.25, 0.3) is 0 Å². The number of aliphatic hydroxyl groups is 1. The Labute approximate surface area is 76.0 Å². The summed E-state index contributed by atoms with van der Waals surface area (Å²) in [5.74, 6) is 0. The normalized spacial score (nSPS) is 33.2. The third kappa shape index (κ3) is 3.02. The van der Waals surface area contributed by atoms with Crippen molar-refractivity contribution in [2.24, 2.45) is 0 Å². The minimum absolute atomic E-state index is 0.228. The van der Waals surface area contributed by atoms with Crippen LogP contribution in [0.25, 0.3) is 0 Å². The van der Waals surface area contributed by atoms with Crippen LogP contribution >= 0.6 is 7.82 Å². The Hall–Kier alpha value is 0.0300. The molecular weight excluding hydrogens is 199 g/mol. The summed E-state index contributed by atoms with van der Waals surface area (Å²) in [4.78, 5) is 8.97. The Morgan fingerprint density at radius 3 is 2.92 bits per heavy atom. The number of ether oxygens (including phenoxy) is 1. The number of hydrogen-bond donors (Lipinski definition) is 2. The predicted octanol–water partition coefficient (Wildman–Crippen LogP) is -0.100. The standard InChI is InChI=1S/C6H13O6P/c1-10-13(8,9)12-5-2-3-11-6(5)4-7/h5-7H,2-4H2,1H3,(H,8,9)/t5-,6?/m1/s1. The fourth-order valence-electron chi connectivity index (χ4n) is 1.13. The summed E-state index contributed by atoms with van der Waals surface area (Å²) in [5.41, 5.74) is 0. The fraction of sp³-hybridized carbons (Fsp3) is 1.00. The lowest BCUT2D eigenvalue weighted by molar-refractivity contribution is 0.00155. The highest BCUT2D eigenvalue weighted by atomic mass is 31.2. The molecule has 0 aromatic carbocycles. The van der Waals surface area contributed by atoms with E-state index in [2.05, 4.69) is 4.52 Å². The second-order valence-corrected chi connectivity index (χ2v) is 4.19. The van der Waals surface area contributed by atoms with Gasteiger partial charge in [0, 0.05) is 20.1 Å². The van der Waals surface area contributed by atoms with Crippen LogP contribution in [0.5, 0.6) is 0 Å². The molecule has 0 aliphatic carbocycles. The van der Waals surface area contributed by atoms with Crippen LogP contribution < -0.4 is 0 Å². The highest BCUT2D eigenvalue weighted by Gasteiger charge is 2.34. The van der Waals surface area contributed by atoms with Gasteiger partial charge in [0.15, 0.2) is 0 Å². The summed E-state index contributed by atoms with van der Waals surface area (Å²) in [5, 5.41) is 8.79. The number of phosphoric ester groups is 1. The van der Waals surface area contributed by atoms with E-state index in [1.165, 1.54) is 0 Å². The van der Waals surface area contributed by atoms with Crippen LogP contribution in [0, 0.1) is 0 Å². The van der Waals surface area contributed by atoms with Gasteiger partial charge in [0.05, 0.1) is 6.61 Å². The van der Waals surface area contributed by atoms with Crippen molar-refractivity contribution in [2.45, 2.75) is 18.6 Å². The monoisotopic (exact) mass is 212 g/mol. The first-order chi connectivity index (χ1) is 6.09. The predicted molar refractivity (Wildman–Crippen MR) is 43.2 cm³/mol. The third-order valence-corrected chi connectivity index (χ3v) is 2.83. The minimum Gasteiger partial charge on any atom is -0.394 e. The first-order valence-corrected chi connectivity index (χ1v) is 5.38. The molecular formula is C6H13O6P. The van der Waals surface area contributed by atoms with Crippen LogP contribution in [0.1, 0.15) is 6.42 Å². The molecule has 1 fully saturated rings. The van der Waals surface area contributed by atoms with Crippen LogP contribution in [0.15, 0.2) is 0 Å². The maximum Gasteiger partial charge on any atom is 0.472 e. The lowest BCUT2D eigenvalue weighted by atomic mass is 10.2. The van der Waals surface area contributed by atoms with Crippen LogP contribution in [-0.4, -0.2) is 42.5 Å². The maximum atomic E-state index is 11.0. The number of aliphatic hydroxyl groups excluding tert-OH is 1. The van der Waals surface area contributed by atoms with Gasteiger partial charge in [-0.3, -0.25) is 9.05 Å². The maximum absolute atomic E-state index is 11.0. The number of phosphoric acid groups is 1. The Morgan fingerprint density at radius 1 is 1.69 bits per heavy atom. The second-order valence-electron chi connectivity index (χ2n) is 2.68. The van der Waals surface area contributed by atoms with E-state index in [0.717, 1.165) is 7.11 Å². The van der Waals surface area contributed by atoms with E-state index < -0.39 is 20.0 Å². The smallest absolute Gasteiger partial charge is 0.394 e. The van der Waals surface area contributed by atoms with E-state index in [1.54, 1.807) is 0 Å². The Kier molecular flexibility index (Phi) is 3.85. The largest absolute Gasteiger partial charge is 0.472 e. The molecule has 0 bridgehead atoms. The molecule has 1 saturated heterocycles. The first-order valence-electron chi connectivity index (χ1n) is 3.88. The third-order valence-electron chi connectivity index (χ3n) is 1.83. The van der Waals surface area contributed by atoms with Crippen LogP contribution in [0.4, 0.5) is 0 Å². The Morgan fingerprint density at radius 2 is 2.38 bits per heavy atom. The summed E-state index contributed by atoms with van der Waals surface area (Å²) < 4.78 is 25.0. The average molecular weight is 212 g/mol. The molecule has 1 aliphatic heterocycles. The van der Waals surface area contributed by atoms with Crippen molar-refractivity contribution in [1.82, 2.24) is 0 Å². The molecule has 0 aromatic rings. The van der Waals surface area contributed by atoms with Crippen molar-refractivity contribution < 1.29 is 28.3 Å². The molecule has 2 unspecified atom stereocenters. The van der Waals surface area contributed by atoms with Gasteiger partial charge in [-0.1, -0.05) is 0 Å². The summed E-state index contributed by atoms with van der Waals surface area (Å²) in [6.07, 6.45) is -0.615. The molecule has 1 rings (SSSR count). The SMILES string of the molecule is COP(=O)(O)O[C@@H]1CCOC1CO. The molecule has 3 atom stereocenters. The van der Waals surface area contributed by atoms with Crippen LogP contribution in [-0.2, 0) is 18.3 Å². The van der Waals surface area contributed by atoms with Gasteiger partial charge >= 0.3 is 7.82 Å². The van der Waals surface area contributed by atoms with Crippen molar-refractivity contribution in [1.29, 1.82) is 0 Å². The topological polar surface area (TPSA) is 85.2 Å². The minimum atomic E-state index is -3.96. The van der Waals surface area contributed by atoms with Gasteiger partial charge in [0.1, 0.15) is 12.2 Å². The number of rotatable bonds is 4. The second kappa shape index (κ2) is 4.50. The van der Waals surface area contributed by atoms with Gasteiger partial charge in [-0.25, -0.2) is 4.57 Å². The van der Waals surface area contributed by atoms with E-state index in [9.17, 15) is 4.57 Å². The van der Waals surface area contributed by atoms with E-state index in [0.29, 0.717) is 13.0 Å². The lowest BCUT2D eigenvalue weighted by Gasteiger charge is -2.18. The molecule has 0 aromatic heterocycles. The molecule has 0 spiro atoms. The van der Waals surface area contributed by atoms with Gasteiger partial charge in [-0.15, -0.1) is 0 Å². The van der Waals surface area contributed by atoms with Crippen molar-refractivity contribution in [3.05, 3.63) is 0 Å². The lowest BCUT2D eigenvalue weighted by Crippen LogP contribution is -2.27. The molecule has 0 radical (unpaired) electrons. The molecule has 0 saturated carbocycles. The van der Waals surface area contributed by atoms with Crippen molar-refractivity contribution >= 4 is 7.82 Å². The van der Waals surface area contributed by atoms with Crippen LogP contribution in [0.2, 0.25) is 0 Å². The first kappa shape index (κ1) is 11.1. The molecule has 1 aliphatic rings. The summed E-state index contributed by atoms with van der Waals surface area (Å²) >= 11 is 0. The summed E-state index contributed by atoms with van der Waals surface area (Å²) in [7, 11) is -2.88. The van der Waals surface area contributed by atoms with E-state index in [-0.39, 0.29) is 6.61 Å². The zero-order valence-electron chi connectivity index (χ0n) is 7.25. The highest BCUT2D eigenvalue weighted by molar-refractivity contribution is 7.47. The number of hydrogen-bond acceptors (Lipinski definition) is 5. The van der Waals surface area contributed by atoms with Gasteiger partial charge in [0.2, 0.25) is 0 Å². The van der Waals surface area contributed by atoms with Crippen molar-refractivity contribution in [2.75, 3.05) is 20.3 Å². The molecule has 1 heterocycles. The summed E-state index contributed by atoms with van der Waals surface area (Å²) in [6, 6.07) is 0. The van der Waals surface area contributed by atoms with Crippen LogP contribution in [0.3, 0.4) is 0 Å². The Bertz CT molecular complexity index is 207. The molecule has 13 heavy (non-hydrogen) atoms. The van der Waals surface area contributed by atoms with E-state index in [4.69, 9.17) is 19.3 Å². The molecule has 7 heteroatoms. The zero-order valence-corrected chi connectivity index (χ0v) is 8.15. The molecule has 2 N–H and O–H groups in total.